The van der Waals surface area contributed by atoms with Crippen molar-refractivity contribution in [2.45, 2.75) is 49.1 Å². The third-order valence-electron chi connectivity index (χ3n) is 4.63. The number of halogens is 2. The lowest BCUT2D eigenvalue weighted by Gasteiger charge is -2.23. The molecule has 3 rings (SSSR count). The van der Waals surface area contributed by atoms with E-state index >= 15 is 0 Å². The van der Waals surface area contributed by atoms with Gasteiger partial charge < -0.3 is 15.2 Å². The monoisotopic (exact) mass is 424 g/mol. The van der Waals surface area contributed by atoms with Crippen molar-refractivity contribution in [1.29, 1.82) is 0 Å². The molecule has 0 radical (unpaired) electrons. The summed E-state index contributed by atoms with van der Waals surface area (Å²) >= 11 is 6.00. The summed E-state index contributed by atoms with van der Waals surface area (Å²) in [5.41, 5.74) is 5.99. The molecule has 1 aromatic carbocycles. The van der Waals surface area contributed by atoms with Crippen LogP contribution in [0.3, 0.4) is 0 Å². The lowest BCUT2D eigenvalue weighted by atomic mass is 10.1. The van der Waals surface area contributed by atoms with Crippen molar-refractivity contribution in [3.05, 3.63) is 23.2 Å². The molecule has 2 atom stereocenters. The third kappa shape index (κ3) is 5.97. The highest BCUT2D eigenvalue weighted by Gasteiger charge is 2.30. The van der Waals surface area contributed by atoms with E-state index in [1.807, 2.05) is 0 Å². The second-order valence-electron chi connectivity index (χ2n) is 6.74. The largest absolute Gasteiger partial charge is 0.489 e. The first-order valence-electron chi connectivity index (χ1n) is 8.75. The Morgan fingerprint density at radius 2 is 2.08 bits per heavy atom. The first kappa shape index (κ1) is 21.7. The van der Waals surface area contributed by atoms with Gasteiger partial charge in [0.05, 0.1) is 6.10 Å². The van der Waals surface area contributed by atoms with Gasteiger partial charge in [-0.3, -0.25) is 0 Å². The number of nitrogens with two attached hydrogens (primary N) is 1. The first-order chi connectivity index (χ1) is 12.0. The van der Waals surface area contributed by atoms with E-state index in [0.29, 0.717) is 17.5 Å². The second-order valence-corrected chi connectivity index (χ2v) is 8.92. The van der Waals surface area contributed by atoms with Gasteiger partial charge in [0.25, 0.3) is 0 Å². The Morgan fingerprint density at radius 1 is 1.31 bits per heavy atom. The summed E-state index contributed by atoms with van der Waals surface area (Å²) < 4.78 is 39.3. The fraction of sp³-hybridized carbons (Fsp3) is 0.647. The summed E-state index contributed by atoms with van der Waals surface area (Å²) in [6.07, 6.45) is 5.20. The van der Waals surface area contributed by atoms with E-state index in [1.54, 1.807) is 12.1 Å². The highest BCUT2D eigenvalue weighted by atomic mass is 35.5. The summed E-state index contributed by atoms with van der Waals surface area (Å²) in [6.45, 7) is 1.26. The summed E-state index contributed by atoms with van der Waals surface area (Å²) in [5.74, 6) is 0.701. The lowest BCUT2D eigenvalue weighted by molar-refractivity contribution is -0.0116. The number of nitrogens with one attached hydrogen (secondary N) is 1. The average Bonchev–Trinajstić information content (AvgIpc) is 3.45. The predicted octanol–water partition coefficient (Wildman–Crippen LogP) is 2.73. The molecule has 0 spiro atoms. The molecular weight excluding hydrogens is 399 g/mol. The topological polar surface area (TPSA) is 90.7 Å². The van der Waals surface area contributed by atoms with Crippen LogP contribution in [0.25, 0.3) is 0 Å². The summed E-state index contributed by atoms with van der Waals surface area (Å²) in [4.78, 5) is 0.0406. The van der Waals surface area contributed by atoms with E-state index in [9.17, 15) is 8.42 Å². The molecular formula is C17H26Cl2N2O4S. The molecule has 1 aromatic rings. The Kier molecular flexibility index (Phi) is 8.00. The van der Waals surface area contributed by atoms with E-state index in [1.165, 1.54) is 6.07 Å². The summed E-state index contributed by atoms with van der Waals surface area (Å²) in [7, 11) is -3.75. The first-order valence-corrected chi connectivity index (χ1v) is 10.6. The molecule has 2 fully saturated rings. The van der Waals surface area contributed by atoms with Gasteiger partial charge in [0.15, 0.2) is 0 Å². The molecule has 0 aromatic heterocycles. The zero-order valence-electron chi connectivity index (χ0n) is 14.5. The molecule has 0 bridgehead atoms. The Morgan fingerprint density at radius 3 is 2.73 bits per heavy atom. The molecule has 0 amide bonds. The molecule has 1 saturated heterocycles. The number of hydrogen-bond acceptors (Lipinski definition) is 5. The van der Waals surface area contributed by atoms with Crippen molar-refractivity contribution >= 4 is 34.0 Å². The zero-order chi connectivity index (χ0) is 17.9. The third-order valence-corrected chi connectivity index (χ3v) is 6.31. The van der Waals surface area contributed by atoms with Crippen LogP contribution in [0.5, 0.6) is 5.75 Å². The summed E-state index contributed by atoms with van der Waals surface area (Å²) in [5, 5.41) is 0.341. The van der Waals surface area contributed by atoms with Gasteiger partial charge in [-0.05, 0) is 56.2 Å². The standard InChI is InChI=1S/C17H25ClN2O4S.ClH/c18-13-6-7-16(24-11-14-3-1-2-8-23-14)17(9-13)25(21,22)20-10-15(19)12-4-5-12;/h6-7,9,12,14-15,20H,1-5,8,10-11,19H2;1H. The average molecular weight is 425 g/mol. The number of rotatable bonds is 8. The van der Waals surface area contributed by atoms with Crippen molar-refractivity contribution < 1.29 is 17.9 Å². The van der Waals surface area contributed by atoms with Crippen molar-refractivity contribution in [3.63, 3.8) is 0 Å². The predicted molar refractivity (Wildman–Crippen MR) is 104 cm³/mol. The Hall–Kier alpha value is -0.570. The quantitative estimate of drug-likeness (QED) is 0.669. The Balaban J connectivity index is 0.00000243. The van der Waals surface area contributed by atoms with Gasteiger partial charge in [-0.1, -0.05) is 11.6 Å². The van der Waals surface area contributed by atoms with Crippen molar-refractivity contribution in [2.24, 2.45) is 11.7 Å². The number of ether oxygens (including phenoxy) is 2. The van der Waals surface area contributed by atoms with Crippen LogP contribution >= 0.6 is 24.0 Å². The van der Waals surface area contributed by atoms with Crippen LogP contribution in [0.15, 0.2) is 23.1 Å². The lowest BCUT2D eigenvalue weighted by Crippen LogP contribution is -2.38. The van der Waals surface area contributed by atoms with Crippen LogP contribution in [0, 0.1) is 5.92 Å². The molecule has 2 unspecified atom stereocenters. The van der Waals surface area contributed by atoms with E-state index in [0.717, 1.165) is 38.7 Å². The maximum atomic E-state index is 12.7. The number of benzene rings is 1. The van der Waals surface area contributed by atoms with Crippen molar-refractivity contribution in [3.8, 4) is 5.75 Å². The number of sulfonamides is 1. The molecule has 148 valence electrons. The fourth-order valence-corrected chi connectivity index (χ4v) is 4.39. The van der Waals surface area contributed by atoms with Gasteiger partial charge >= 0.3 is 0 Å². The van der Waals surface area contributed by atoms with Gasteiger partial charge in [-0.2, -0.15) is 0 Å². The molecule has 3 N–H and O–H groups in total. The second kappa shape index (κ2) is 9.57. The molecule has 2 aliphatic rings. The van der Waals surface area contributed by atoms with E-state index in [-0.39, 0.29) is 41.7 Å². The minimum atomic E-state index is -3.75. The molecule has 9 heteroatoms. The summed E-state index contributed by atoms with van der Waals surface area (Å²) in [6, 6.07) is 4.45. The maximum absolute atomic E-state index is 12.7. The fourth-order valence-electron chi connectivity index (χ4n) is 2.91. The Labute approximate surface area is 166 Å². The van der Waals surface area contributed by atoms with Gasteiger partial charge in [0.1, 0.15) is 17.3 Å². The highest BCUT2D eigenvalue weighted by molar-refractivity contribution is 7.89. The molecule has 1 saturated carbocycles. The molecule has 26 heavy (non-hydrogen) atoms. The van der Waals surface area contributed by atoms with Crippen LogP contribution in [0.1, 0.15) is 32.1 Å². The van der Waals surface area contributed by atoms with Crippen LogP contribution in [0.4, 0.5) is 0 Å². The van der Waals surface area contributed by atoms with E-state index in [2.05, 4.69) is 4.72 Å². The van der Waals surface area contributed by atoms with Gasteiger partial charge in [0, 0.05) is 24.2 Å². The Bertz CT molecular complexity index is 692. The van der Waals surface area contributed by atoms with Crippen molar-refractivity contribution in [1.82, 2.24) is 4.72 Å². The van der Waals surface area contributed by atoms with Crippen LogP contribution < -0.4 is 15.2 Å². The van der Waals surface area contributed by atoms with Crippen LogP contribution in [0.2, 0.25) is 5.02 Å². The van der Waals surface area contributed by atoms with E-state index in [4.69, 9.17) is 26.8 Å². The smallest absolute Gasteiger partial charge is 0.244 e. The minimum absolute atomic E-state index is 0. The molecule has 6 nitrogen and oxygen atoms in total. The van der Waals surface area contributed by atoms with Gasteiger partial charge in [-0.25, -0.2) is 13.1 Å². The van der Waals surface area contributed by atoms with E-state index < -0.39 is 10.0 Å². The highest BCUT2D eigenvalue weighted by Crippen LogP contribution is 2.32. The molecule has 1 heterocycles. The van der Waals surface area contributed by atoms with Gasteiger partial charge in [0.2, 0.25) is 10.0 Å². The number of hydrogen-bond donors (Lipinski definition) is 2. The maximum Gasteiger partial charge on any atom is 0.244 e. The van der Waals surface area contributed by atoms with Crippen LogP contribution in [-0.4, -0.2) is 40.3 Å². The SMILES string of the molecule is Cl.NC(CNS(=O)(=O)c1cc(Cl)ccc1OCC1CCCCO1)C1CC1. The zero-order valence-corrected chi connectivity index (χ0v) is 16.9. The molecule has 1 aliphatic carbocycles. The normalized spacial score (nSPS) is 21.7. The minimum Gasteiger partial charge on any atom is -0.489 e. The molecule has 1 aliphatic heterocycles. The van der Waals surface area contributed by atoms with Crippen molar-refractivity contribution in [2.75, 3.05) is 19.8 Å². The van der Waals surface area contributed by atoms with Crippen LogP contribution in [-0.2, 0) is 14.8 Å². The van der Waals surface area contributed by atoms with Gasteiger partial charge in [-0.15, -0.1) is 12.4 Å².